The summed E-state index contributed by atoms with van der Waals surface area (Å²) < 4.78 is 10.2. The Kier molecular flexibility index (Phi) is 3.22. The van der Waals surface area contributed by atoms with Crippen molar-refractivity contribution in [1.29, 1.82) is 0 Å². The first-order chi connectivity index (χ1) is 7.79. The lowest BCUT2D eigenvalue weighted by atomic mass is 10.3. The molecule has 0 bridgehead atoms. The van der Waals surface area contributed by atoms with E-state index in [4.69, 9.17) is 9.47 Å². The van der Waals surface area contributed by atoms with Gasteiger partial charge in [0.1, 0.15) is 16.4 Å². The van der Waals surface area contributed by atoms with Crippen LogP contribution in [0.15, 0.2) is 41.8 Å². The Bertz CT molecular complexity index is 477. The lowest BCUT2D eigenvalue weighted by molar-refractivity contribution is 0.0739. The molecule has 0 atom stereocenters. The van der Waals surface area contributed by atoms with E-state index in [1.807, 2.05) is 11.4 Å². The van der Waals surface area contributed by atoms with Crippen LogP contribution in [0, 0.1) is 0 Å². The van der Waals surface area contributed by atoms with Gasteiger partial charge in [0, 0.05) is 6.07 Å². The first-order valence-corrected chi connectivity index (χ1v) is 5.57. The van der Waals surface area contributed by atoms with Crippen LogP contribution in [0.2, 0.25) is 0 Å². The minimum atomic E-state index is -0.344. The Labute approximate surface area is 97.2 Å². The predicted octanol–water partition coefficient (Wildman–Crippen LogP) is 2.98. The molecule has 0 aliphatic heterocycles. The Morgan fingerprint density at radius 1 is 1.19 bits per heavy atom. The number of benzene rings is 1. The number of ether oxygens (including phenoxy) is 2. The monoisotopic (exact) mass is 234 g/mol. The topological polar surface area (TPSA) is 35.5 Å². The van der Waals surface area contributed by atoms with Crippen LogP contribution in [0.3, 0.4) is 0 Å². The smallest absolute Gasteiger partial charge is 0.353 e. The third-order valence-electron chi connectivity index (χ3n) is 1.97. The molecule has 1 aromatic heterocycles. The van der Waals surface area contributed by atoms with Crippen molar-refractivity contribution in [3.05, 3.63) is 46.7 Å². The van der Waals surface area contributed by atoms with Gasteiger partial charge in [-0.25, -0.2) is 4.79 Å². The number of carbonyl (C=O) groups excluding carboxylic acids is 1. The van der Waals surface area contributed by atoms with Gasteiger partial charge in [-0.3, -0.25) is 0 Å². The zero-order chi connectivity index (χ0) is 11.4. The molecule has 2 rings (SSSR count). The molecule has 4 heteroatoms. The molecule has 0 spiro atoms. The molecule has 0 unspecified atom stereocenters. The fraction of sp³-hybridized carbons (Fsp3) is 0.0833. The van der Waals surface area contributed by atoms with Crippen molar-refractivity contribution in [3.63, 3.8) is 0 Å². The highest BCUT2D eigenvalue weighted by Gasteiger charge is 2.09. The molecule has 1 heterocycles. The molecule has 0 saturated heterocycles. The van der Waals surface area contributed by atoms with Gasteiger partial charge in [-0.05, 0) is 23.6 Å². The highest BCUT2D eigenvalue weighted by atomic mass is 32.1. The van der Waals surface area contributed by atoms with E-state index in [1.54, 1.807) is 37.4 Å². The third kappa shape index (κ3) is 2.41. The highest BCUT2D eigenvalue weighted by molar-refractivity contribution is 7.12. The van der Waals surface area contributed by atoms with E-state index in [-0.39, 0.29) is 5.97 Å². The third-order valence-corrected chi connectivity index (χ3v) is 2.82. The van der Waals surface area contributed by atoms with Crippen molar-refractivity contribution in [2.45, 2.75) is 0 Å². The van der Waals surface area contributed by atoms with Gasteiger partial charge in [-0.1, -0.05) is 12.1 Å². The normalized spacial score (nSPS) is 9.81. The molecule has 0 amide bonds. The van der Waals surface area contributed by atoms with Gasteiger partial charge < -0.3 is 9.47 Å². The summed E-state index contributed by atoms with van der Waals surface area (Å²) in [5, 5.41) is 1.84. The van der Waals surface area contributed by atoms with Crippen LogP contribution in [-0.2, 0) is 0 Å². The SMILES string of the molecule is COc1cccc(OC(=O)c2cccs2)c1. The van der Waals surface area contributed by atoms with Crippen molar-refractivity contribution >= 4 is 17.3 Å². The number of hydrogen-bond donors (Lipinski definition) is 0. The first kappa shape index (κ1) is 10.7. The summed E-state index contributed by atoms with van der Waals surface area (Å²) in [6.07, 6.45) is 0. The zero-order valence-corrected chi connectivity index (χ0v) is 9.49. The predicted molar refractivity (Wildman–Crippen MR) is 62.3 cm³/mol. The number of carbonyl (C=O) groups is 1. The van der Waals surface area contributed by atoms with E-state index in [0.717, 1.165) is 0 Å². The molecule has 1 aromatic carbocycles. The fourth-order valence-electron chi connectivity index (χ4n) is 1.22. The maximum absolute atomic E-state index is 11.6. The van der Waals surface area contributed by atoms with Crippen LogP contribution in [0.5, 0.6) is 11.5 Å². The van der Waals surface area contributed by atoms with Crippen molar-refractivity contribution in [1.82, 2.24) is 0 Å². The maximum atomic E-state index is 11.6. The molecule has 0 aliphatic rings. The summed E-state index contributed by atoms with van der Waals surface area (Å²) in [6.45, 7) is 0. The Balaban J connectivity index is 2.12. The molecule has 3 nitrogen and oxygen atoms in total. The van der Waals surface area contributed by atoms with E-state index in [0.29, 0.717) is 16.4 Å². The number of rotatable bonds is 3. The largest absolute Gasteiger partial charge is 0.497 e. The van der Waals surface area contributed by atoms with Gasteiger partial charge in [-0.15, -0.1) is 11.3 Å². The Morgan fingerprint density at radius 3 is 2.69 bits per heavy atom. The average molecular weight is 234 g/mol. The Morgan fingerprint density at radius 2 is 2.00 bits per heavy atom. The molecule has 16 heavy (non-hydrogen) atoms. The maximum Gasteiger partial charge on any atom is 0.353 e. The first-order valence-electron chi connectivity index (χ1n) is 4.69. The average Bonchev–Trinajstić information content (AvgIpc) is 2.83. The number of methoxy groups -OCH3 is 1. The van der Waals surface area contributed by atoms with Crippen LogP contribution in [-0.4, -0.2) is 13.1 Å². The van der Waals surface area contributed by atoms with E-state index in [2.05, 4.69) is 0 Å². The Hall–Kier alpha value is -1.81. The summed E-state index contributed by atoms with van der Waals surface area (Å²) in [7, 11) is 1.57. The molecular formula is C12H10O3S. The van der Waals surface area contributed by atoms with Crippen molar-refractivity contribution in [2.24, 2.45) is 0 Å². The van der Waals surface area contributed by atoms with Gasteiger partial charge in [0.25, 0.3) is 0 Å². The molecule has 0 saturated carbocycles. The summed E-state index contributed by atoms with van der Waals surface area (Å²) in [5.41, 5.74) is 0. The van der Waals surface area contributed by atoms with Gasteiger partial charge in [0.2, 0.25) is 0 Å². The summed E-state index contributed by atoms with van der Waals surface area (Å²) >= 11 is 1.35. The fourth-order valence-corrected chi connectivity index (χ4v) is 1.82. The van der Waals surface area contributed by atoms with Gasteiger partial charge in [0.05, 0.1) is 7.11 Å². The zero-order valence-electron chi connectivity index (χ0n) is 8.67. The molecule has 0 aliphatic carbocycles. The van der Waals surface area contributed by atoms with Crippen LogP contribution < -0.4 is 9.47 Å². The van der Waals surface area contributed by atoms with Gasteiger partial charge >= 0.3 is 5.97 Å². The minimum Gasteiger partial charge on any atom is -0.497 e. The van der Waals surface area contributed by atoms with Crippen LogP contribution >= 0.6 is 11.3 Å². The molecular weight excluding hydrogens is 224 g/mol. The van der Waals surface area contributed by atoms with Crippen molar-refractivity contribution in [2.75, 3.05) is 7.11 Å². The van der Waals surface area contributed by atoms with Crippen molar-refractivity contribution in [3.8, 4) is 11.5 Å². The molecule has 2 aromatic rings. The number of thiophene rings is 1. The van der Waals surface area contributed by atoms with E-state index >= 15 is 0 Å². The standard InChI is InChI=1S/C12H10O3S/c1-14-9-4-2-5-10(8-9)15-12(13)11-6-3-7-16-11/h2-8H,1H3. The number of esters is 1. The summed E-state index contributed by atoms with van der Waals surface area (Å²) in [6, 6.07) is 10.5. The molecule has 82 valence electrons. The van der Waals surface area contributed by atoms with Crippen LogP contribution in [0.4, 0.5) is 0 Å². The highest BCUT2D eigenvalue weighted by Crippen LogP contribution is 2.20. The summed E-state index contributed by atoms with van der Waals surface area (Å²) in [4.78, 5) is 12.2. The quantitative estimate of drug-likeness (QED) is 0.605. The summed E-state index contributed by atoms with van der Waals surface area (Å²) in [5.74, 6) is 0.803. The van der Waals surface area contributed by atoms with Gasteiger partial charge in [-0.2, -0.15) is 0 Å². The lowest BCUT2D eigenvalue weighted by Gasteiger charge is -2.04. The van der Waals surface area contributed by atoms with E-state index < -0.39 is 0 Å². The van der Waals surface area contributed by atoms with Gasteiger partial charge in [0.15, 0.2) is 0 Å². The molecule has 0 radical (unpaired) electrons. The van der Waals surface area contributed by atoms with Crippen molar-refractivity contribution < 1.29 is 14.3 Å². The second-order valence-corrected chi connectivity index (χ2v) is 3.99. The van der Waals surface area contributed by atoms with E-state index in [9.17, 15) is 4.79 Å². The van der Waals surface area contributed by atoms with Crippen LogP contribution in [0.1, 0.15) is 9.67 Å². The second kappa shape index (κ2) is 4.81. The molecule has 0 fully saturated rings. The number of hydrogen-bond acceptors (Lipinski definition) is 4. The lowest BCUT2D eigenvalue weighted by Crippen LogP contribution is -2.06. The molecule has 0 N–H and O–H groups in total. The van der Waals surface area contributed by atoms with Crippen LogP contribution in [0.25, 0.3) is 0 Å². The second-order valence-electron chi connectivity index (χ2n) is 3.05. The van der Waals surface area contributed by atoms with E-state index in [1.165, 1.54) is 11.3 Å². The minimum absolute atomic E-state index is 0.344.